The van der Waals surface area contributed by atoms with E-state index in [1.165, 1.54) is 0 Å². The molecule has 0 fully saturated rings. The van der Waals surface area contributed by atoms with Gasteiger partial charge in [-0.25, -0.2) is 4.79 Å². The molecule has 3 aromatic carbocycles. The first kappa shape index (κ1) is 18.4. The number of hydrogen-bond donors (Lipinski definition) is 1. The number of phenols is 1. The fraction of sp³-hybridized carbons (Fsp3) is 0.130. The number of aryl methyl sites for hydroxylation is 1. The quantitative estimate of drug-likeness (QED) is 0.400. The van der Waals surface area contributed by atoms with Crippen molar-refractivity contribution in [2.45, 2.75) is 19.8 Å². The van der Waals surface area contributed by atoms with Crippen LogP contribution in [0.3, 0.4) is 0 Å². The molecule has 0 bridgehead atoms. The highest BCUT2D eigenvalue weighted by atomic mass is 16.5. The molecule has 1 N–H and O–H groups in total. The SMILES string of the molecule is Cc1cc(C(C)c2ccc(OC(=O)c3ccc(C=O)cc3)cc2)ccc1O. The molecule has 0 amide bonds. The first-order valence-corrected chi connectivity index (χ1v) is 8.65. The van der Waals surface area contributed by atoms with Crippen LogP contribution in [-0.2, 0) is 0 Å². The predicted octanol–water partition coefficient (Wildman–Crippen LogP) is 4.88. The van der Waals surface area contributed by atoms with E-state index < -0.39 is 5.97 Å². The van der Waals surface area contributed by atoms with Gasteiger partial charge < -0.3 is 9.84 Å². The molecule has 0 heterocycles. The van der Waals surface area contributed by atoms with Crippen molar-refractivity contribution in [3.8, 4) is 11.5 Å². The number of benzene rings is 3. The van der Waals surface area contributed by atoms with E-state index in [0.29, 0.717) is 16.9 Å². The normalized spacial score (nSPS) is 11.6. The van der Waals surface area contributed by atoms with Crippen LogP contribution < -0.4 is 4.74 Å². The summed E-state index contributed by atoms with van der Waals surface area (Å²) >= 11 is 0. The molecule has 0 spiro atoms. The second kappa shape index (κ2) is 7.87. The Morgan fingerprint density at radius 2 is 1.59 bits per heavy atom. The molecule has 27 heavy (non-hydrogen) atoms. The van der Waals surface area contributed by atoms with Gasteiger partial charge in [-0.2, -0.15) is 0 Å². The smallest absolute Gasteiger partial charge is 0.343 e. The minimum atomic E-state index is -0.470. The van der Waals surface area contributed by atoms with Crippen LogP contribution in [0.2, 0.25) is 0 Å². The summed E-state index contributed by atoms with van der Waals surface area (Å²) in [5, 5.41) is 9.67. The molecule has 0 saturated heterocycles. The lowest BCUT2D eigenvalue weighted by molar-refractivity contribution is 0.0734. The minimum Gasteiger partial charge on any atom is -0.508 e. The van der Waals surface area contributed by atoms with E-state index in [2.05, 4.69) is 6.92 Å². The molecule has 1 atom stereocenters. The van der Waals surface area contributed by atoms with Gasteiger partial charge in [0.25, 0.3) is 0 Å². The Balaban J connectivity index is 1.71. The maximum Gasteiger partial charge on any atom is 0.343 e. The molecule has 0 aliphatic rings. The van der Waals surface area contributed by atoms with Crippen molar-refractivity contribution < 1.29 is 19.4 Å². The van der Waals surface area contributed by atoms with Gasteiger partial charge >= 0.3 is 5.97 Å². The lowest BCUT2D eigenvalue weighted by Gasteiger charge is -2.14. The number of ether oxygens (including phenoxy) is 1. The van der Waals surface area contributed by atoms with Crippen LogP contribution in [0.4, 0.5) is 0 Å². The van der Waals surface area contributed by atoms with Crippen molar-refractivity contribution in [3.63, 3.8) is 0 Å². The van der Waals surface area contributed by atoms with Crippen LogP contribution in [0.15, 0.2) is 66.7 Å². The summed E-state index contributed by atoms with van der Waals surface area (Å²) in [6, 6.07) is 19.2. The van der Waals surface area contributed by atoms with E-state index in [0.717, 1.165) is 23.0 Å². The average Bonchev–Trinajstić information content (AvgIpc) is 2.70. The van der Waals surface area contributed by atoms with Gasteiger partial charge in [0.2, 0.25) is 0 Å². The predicted molar refractivity (Wildman–Crippen MR) is 104 cm³/mol. The molecule has 4 nitrogen and oxygen atoms in total. The van der Waals surface area contributed by atoms with Gasteiger partial charge in [0.1, 0.15) is 17.8 Å². The highest BCUT2D eigenvalue weighted by Crippen LogP contribution is 2.29. The number of rotatable bonds is 5. The standard InChI is InChI=1S/C23H20O4/c1-15-13-20(9-12-22(15)25)16(2)18-7-10-21(11-8-18)27-23(26)19-5-3-17(14-24)4-6-19/h3-14,16,25H,1-2H3. The van der Waals surface area contributed by atoms with Crippen LogP contribution in [0, 0.1) is 6.92 Å². The zero-order valence-corrected chi connectivity index (χ0v) is 15.2. The van der Waals surface area contributed by atoms with Gasteiger partial charge in [0, 0.05) is 11.5 Å². The summed E-state index contributed by atoms with van der Waals surface area (Å²) in [4.78, 5) is 22.9. The van der Waals surface area contributed by atoms with E-state index in [1.807, 2.05) is 31.2 Å². The summed E-state index contributed by atoms with van der Waals surface area (Å²) in [6.07, 6.45) is 0.727. The molecular formula is C23H20O4. The molecule has 136 valence electrons. The van der Waals surface area contributed by atoms with Crippen LogP contribution in [0.25, 0.3) is 0 Å². The van der Waals surface area contributed by atoms with E-state index >= 15 is 0 Å². The highest BCUT2D eigenvalue weighted by Gasteiger charge is 2.12. The van der Waals surface area contributed by atoms with Crippen LogP contribution in [0.1, 0.15) is 50.2 Å². The Kier molecular flexibility index (Phi) is 5.36. The Morgan fingerprint density at radius 1 is 0.963 bits per heavy atom. The Bertz CT molecular complexity index is 957. The molecule has 0 aliphatic heterocycles. The maximum atomic E-state index is 12.2. The van der Waals surface area contributed by atoms with Crippen molar-refractivity contribution in [2.24, 2.45) is 0 Å². The van der Waals surface area contributed by atoms with Crippen LogP contribution in [0.5, 0.6) is 11.5 Å². The van der Waals surface area contributed by atoms with Gasteiger partial charge in [-0.05, 0) is 53.9 Å². The molecule has 0 radical (unpaired) electrons. The summed E-state index contributed by atoms with van der Waals surface area (Å²) in [5.41, 5.74) is 3.91. The molecule has 0 aliphatic carbocycles. The monoisotopic (exact) mass is 360 g/mol. The van der Waals surface area contributed by atoms with Crippen molar-refractivity contribution in [2.75, 3.05) is 0 Å². The Hall–Kier alpha value is -3.40. The topological polar surface area (TPSA) is 63.6 Å². The summed E-state index contributed by atoms with van der Waals surface area (Å²) in [6.45, 7) is 3.96. The first-order valence-electron chi connectivity index (χ1n) is 8.65. The number of esters is 1. The lowest BCUT2D eigenvalue weighted by Crippen LogP contribution is -2.08. The second-order valence-corrected chi connectivity index (χ2v) is 6.47. The molecule has 0 aromatic heterocycles. The summed E-state index contributed by atoms with van der Waals surface area (Å²) < 4.78 is 5.39. The molecule has 3 rings (SSSR count). The largest absolute Gasteiger partial charge is 0.508 e. The third-order valence-corrected chi connectivity index (χ3v) is 4.59. The zero-order valence-electron chi connectivity index (χ0n) is 15.2. The number of carbonyl (C=O) groups excluding carboxylic acids is 2. The van der Waals surface area contributed by atoms with Crippen molar-refractivity contribution in [1.29, 1.82) is 0 Å². The molecule has 4 heteroatoms. The summed E-state index contributed by atoms with van der Waals surface area (Å²) in [7, 11) is 0. The lowest BCUT2D eigenvalue weighted by atomic mass is 9.92. The number of phenolic OH excluding ortho intramolecular Hbond substituents is 1. The number of aromatic hydroxyl groups is 1. The van der Waals surface area contributed by atoms with Gasteiger partial charge in [-0.3, -0.25) is 4.79 Å². The van der Waals surface area contributed by atoms with Crippen LogP contribution in [-0.4, -0.2) is 17.4 Å². The van der Waals surface area contributed by atoms with Gasteiger partial charge in [0.05, 0.1) is 5.56 Å². The van der Waals surface area contributed by atoms with Crippen molar-refractivity contribution in [1.82, 2.24) is 0 Å². The average molecular weight is 360 g/mol. The third-order valence-electron chi connectivity index (χ3n) is 4.59. The first-order chi connectivity index (χ1) is 13.0. The zero-order chi connectivity index (χ0) is 19.4. The fourth-order valence-corrected chi connectivity index (χ4v) is 2.83. The fourth-order valence-electron chi connectivity index (χ4n) is 2.83. The van der Waals surface area contributed by atoms with E-state index in [1.54, 1.807) is 42.5 Å². The second-order valence-electron chi connectivity index (χ2n) is 6.47. The Labute approximate surface area is 158 Å². The van der Waals surface area contributed by atoms with Gasteiger partial charge in [-0.15, -0.1) is 0 Å². The molecular weight excluding hydrogens is 340 g/mol. The van der Waals surface area contributed by atoms with Crippen LogP contribution >= 0.6 is 0 Å². The molecule has 1 unspecified atom stereocenters. The van der Waals surface area contributed by atoms with Crippen molar-refractivity contribution >= 4 is 12.3 Å². The number of carbonyl (C=O) groups is 2. The molecule has 3 aromatic rings. The maximum absolute atomic E-state index is 12.2. The van der Waals surface area contributed by atoms with Gasteiger partial charge in [-0.1, -0.05) is 43.3 Å². The van der Waals surface area contributed by atoms with Gasteiger partial charge in [0.15, 0.2) is 0 Å². The minimum absolute atomic E-state index is 0.143. The number of hydrogen-bond acceptors (Lipinski definition) is 4. The number of aldehydes is 1. The van der Waals surface area contributed by atoms with E-state index in [-0.39, 0.29) is 11.7 Å². The highest BCUT2D eigenvalue weighted by molar-refractivity contribution is 5.91. The van der Waals surface area contributed by atoms with E-state index in [4.69, 9.17) is 4.74 Å². The van der Waals surface area contributed by atoms with Crippen molar-refractivity contribution in [3.05, 3.63) is 94.5 Å². The Morgan fingerprint density at radius 3 is 2.19 bits per heavy atom. The third kappa shape index (κ3) is 4.23. The molecule has 0 saturated carbocycles. The van der Waals surface area contributed by atoms with E-state index in [9.17, 15) is 14.7 Å². The summed E-state index contributed by atoms with van der Waals surface area (Å²) in [5.74, 6) is 0.416.